The second-order valence-corrected chi connectivity index (χ2v) is 6.38. The highest BCUT2D eigenvalue weighted by atomic mass is 35.5. The lowest BCUT2D eigenvalue weighted by molar-refractivity contribution is -0.147. The number of hydrogen-bond donors (Lipinski definition) is 2. The van der Waals surface area contributed by atoms with Crippen LogP contribution < -0.4 is 10.6 Å². The van der Waals surface area contributed by atoms with Gasteiger partial charge in [-0.15, -0.1) is 0 Å². The molecule has 7 heteroatoms. The van der Waals surface area contributed by atoms with Crippen LogP contribution in [0.1, 0.15) is 28.8 Å². The average Bonchev–Trinajstić information content (AvgIpc) is 2.66. The number of ether oxygens (including phenoxy) is 1. The number of aryl methyl sites for hydroxylation is 1. The first-order chi connectivity index (χ1) is 12.9. The van der Waals surface area contributed by atoms with Crippen molar-refractivity contribution < 1.29 is 19.1 Å². The molecule has 2 rings (SSSR count). The fourth-order valence-corrected chi connectivity index (χ4v) is 2.32. The van der Waals surface area contributed by atoms with Crippen molar-refractivity contribution in [2.45, 2.75) is 19.8 Å². The zero-order valence-electron chi connectivity index (χ0n) is 15.0. The summed E-state index contributed by atoms with van der Waals surface area (Å²) in [7, 11) is 0. The summed E-state index contributed by atoms with van der Waals surface area (Å²) >= 11 is 5.77. The molecule has 0 aromatic heterocycles. The molecule has 27 heavy (non-hydrogen) atoms. The molecule has 0 heterocycles. The Labute approximate surface area is 162 Å². The third kappa shape index (κ3) is 7.50. The van der Waals surface area contributed by atoms with Crippen molar-refractivity contribution in [1.82, 2.24) is 5.32 Å². The molecule has 2 aromatic carbocycles. The quantitative estimate of drug-likeness (QED) is 0.536. The molecule has 2 amide bonds. The number of halogens is 1. The van der Waals surface area contributed by atoms with Gasteiger partial charge >= 0.3 is 5.97 Å². The lowest BCUT2D eigenvalue weighted by atomic mass is 10.2. The van der Waals surface area contributed by atoms with Gasteiger partial charge in [0.1, 0.15) is 0 Å². The molecule has 0 aliphatic heterocycles. The molecule has 2 aromatic rings. The molecule has 6 nitrogen and oxygen atoms in total. The molecule has 0 atom stereocenters. The molecule has 142 valence electrons. The summed E-state index contributed by atoms with van der Waals surface area (Å²) in [5.74, 6) is -1.13. The minimum Gasteiger partial charge on any atom is -0.456 e. The van der Waals surface area contributed by atoms with E-state index >= 15 is 0 Å². The summed E-state index contributed by atoms with van der Waals surface area (Å²) in [6.45, 7) is 1.93. The third-order valence-electron chi connectivity index (χ3n) is 3.65. The van der Waals surface area contributed by atoms with Crippen LogP contribution in [-0.4, -0.2) is 30.9 Å². The van der Waals surface area contributed by atoms with Gasteiger partial charge in [-0.3, -0.25) is 14.4 Å². The Hall–Kier alpha value is -2.86. The molecule has 0 fully saturated rings. The number of hydrogen-bond acceptors (Lipinski definition) is 4. The first-order valence-corrected chi connectivity index (χ1v) is 8.88. The largest absolute Gasteiger partial charge is 0.456 e. The standard InChI is InChI=1S/C20H21ClN2O4/c1-14-4-10-17(11-5-14)23-18(24)13-27-19(25)3-2-12-22-20(26)15-6-8-16(21)9-7-15/h4-11H,2-3,12-13H2,1H3,(H,22,26)(H,23,24). The highest BCUT2D eigenvalue weighted by Crippen LogP contribution is 2.10. The van der Waals surface area contributed by atoms with Gasteiger partial charge < -0.3 is 15.4 Å². The van der Waals surface area contributed by atoms with Gasteiger partial charge in [-0.2, -0.15) is 0 Å². The number of carbonyl (C=O) groups excluding carboxylic acids is 3. The van der Waals surface area contributed by atoms with E-state index in [4.69, 9.17) is 16.3 Å². The van der Waals surface area contributed by atoms with E-state index in [1.54, 1.807) is 36.4 Å². The number of rotatable bonds is 8. The van der Waals surface area contributed by atoms with Crippen molar-refractivity contribution in [3.05, 3.63) is 64.7 Å². The van der Waals surface area contributed by atoms with E-state index in [1.165, 1.54) is 0 Å². The second-order valence-electron chi connectivity index (χ2n) is 5.94. The highest BCUT2D eigenvalue weighted by molar-refractivity contribution is 6.30. The Bertz CT molecular complexity index is 789. The fourth-order valence-electron chi connectivity index (χ4n) is 2.19. The van der Waals surface area contributed by atoms with Crippen molar-refractivity contribution >= 4 is 35.1 Å². The minimum atomic E-state index is -0.491. The van der Waals surface area contributed by atoms with E-state index in [0.717, 1.165) is 5.56 Å². The number of carbonyl (C=O) groups is 3. The monoisotopic (exact) mass is 388 g/mol. The number of esters is 1. The van der Waals surface area contributed by atoms with Crippen molar-refractivity contribution in [3.63, 3.8) is 0 Å². The van der Waals surface area contributed by atoms with E-state index in [0.29, 0.717) is 29.2 Å². The van der Waals surface area contributed by atoms with Crippen LogP contribution in [0.15, 0.2) is 48.5 Å². The second kappa shape index (κ2) is 10.3. The summed E-state index contributed by atoms with van der Waals surface area (Å²) in [6.07, 6.45) is 0.524. The lowest BCUT2D eigenvalue weighted by Gasteiger charge is -2.07. The molecular weight excluding hydrogens is 368 g/mol. The maximum atomic E-state index is 11.9. The van der Waals surface area contributed by atoms with Crippen LogP contribution in [0, 0.1) is 6.92 Å². The lowest BCUT2D eigenvalue weighted by Crippen LogP contribution is -2.25. The van der Waals surface area contributed by atoms with Crippen LogP contribution in [0.25, 0.3) is 0 Å². The van der Waals surface area contributed by atoms with Gasteiger partial charge in [0.15, 0.2) is 6.61 Å². The number of nitrogens with one attached hydrogen (secondary N) is 2. The average molecular weight is 389 g/mol. The Kier molecular flexibility index (Phi) is 7.82. The molecule has 0 aliphatic carbocycles. The van der Waals surface area contributed by atoms with Gasteiger partial charge in [-0.05, 0) is 49.7 Å². The first kappa shape index (κ1) is 20.5. The van der Waals surface area contributed by atoms with Gasteiger partial charge in [0, 0.05) is 29.2 Å². The van der Waals surface area contributed by atoms with Crippen molar-refractivity contribution in [2.75, 3.05) is 18.5 Å². The van der Waals surface area contributed by atoms with Crippen LogP contribution in [0.2, 0.25) is 5.02 Å². The number of amides is 2. The topological polar surface area (TPSA) is 84.5 Å². The summed E-state index contributed by atoms with van der Waals surface area (Å²) < 4.78 is 4.93. The van der Waals surface area contributed by atoms with Crippen molar-refractivity contribution in [1.29, 1.82) is 0 Å². The summed E-state index contributed by atoms with van der Waals surface area (Å²) in [6, 6.07) is 13.8. The molecular formula is C20H21ClN2O4. The first-order valence-electron chi connectivity index (χ1n) is 8.50. The Morgan fingerprint density at radius 2 is 1.67 bits per heavy atom. The van der Waals surface area contributed by atoms with Gasteiger partial charge in [-0.1, -0.05) is 29.3 Å². The molecule has 0 radical (unpaired) electrons. The maximum absolute atomic E-state index is 11.9. The Morgan fingerprint density at radius 1 is 1.00 bits per heavy atom. The van der Waals surface area contributed by atoms with Gasteiger partial charge in [0.2, 0.25) is 0 Å². The summed E-state index contributed by atoms with van der Waals surface area (Å²) in [5.41, 5.74) is 2.23. The molecule has 0 saturated heterocycles. The van der Waals surface area contributed by atoms with Gasteiger partial charge in [0.25, 0.3) is 11.8 Å². The van der Waals surface area contributed by atoms with Crippen LogP contribution in [-0.2, 0) is 14.3 Å². The van der Waals surface area contributed by atoms with Crippen LogP contribution in [0.4, 0.5) is 5.69 Å². The fraction of sp³-hybridized carbons (Fsp3) is 0.250. The Morgan fingerprint density at radius 3 is 2.33 bits per heavy atom. The molecule has 0 saturated carbocycles. The molecule has 0 bridgehead atoms. The summed E-state index contributed by atoms with van der Waals surface area (Å²) in [5, 5.41) is 5.91. The van der Waals surface area contributed by atoms with Crippen LogP contribution in [0.5, 0.6) is 0 Å². The van der Waals surface area contributed by atoms with Crippen LogP contribution >= 0.6 is 11.6 Å². The molecule has 2 N–H and O–H groups in total. The number of anilines is 1. The van der Waals surface area contributed by atoms with E-state index in [1.807, 2.05) is 19.1 Å². The van der Waals surface area contributed by atoms with E-state index in [2.05, 4.69) is 10.6 Å². The van der Waals surface area contributed by atoms with E-state index in [9.17, 15) is 14.4 Å². The summed E-state index contributed by atoms with van der Waals surface area (Å²) in [4.78, 5) is 35.3. The molecule has 0 spiro atoms. The Balaban J connectivity index is 1.60. The predicted octanol–water partition coefficient (Wildman–Crippen LogP) is 3.34. The highest BCUT2D eigenvalue weighted by Gasteiger charge is 2.09. The van der Waals surface area contributed by atoms with Gasteiger partial charge in [-0.25, -0.2) is 0 Å². The van der Waals surface area contributed by atoms with Gasteiger partial charge in [0.05, 0.1) is 0 Å². The van der Waals surface area contributed by atoms with Crippen molar-refractivity contribution in [2.24, 2.45) is 0 Å². The SMILES string of the molecule is Cc1ccc(NC(=O)COC(=O)CCCNC(=O)c2ccc(Cl)cc2)cc1. The number of benzene rings is 2. The van der Waals surface area contributed by atoms with E-state index < -0.39 is 11.9 Å². The van der Waals surface area contributed by atoms with Crippen LogP contribution in [0.3, 0.4) is 0 Å². The molecule has 0 unspecified atom stereocenters. The smallest absolute Gasteiger partial charge is 0.306 e. The van der Waals surface area contributed by atoms with Crippen molar-refractivity contribution in [3.8, 4) is 0 Å². The zero-order valence-corrected chi connectivity index (χ0v) is 15.7. The normalized spacial score (nSPS) is 10.1. The predicted molar refractivity (Wildman–Crippen MR) is 104 cm³/mol. The minimum absolute atomic E-state index is 0.110. The zero-order chi connectivity index (χ0) is 19.6. The molecule has 0 aliphatic rings. The third-order valence-corrected chi connectivity index (χ3v) is 3.90. The maximum Gasteiger partial charge on any atom is 0.306 e. The van der Waals surface area contributed by atoms with E-state index in [-0.39, 0.29) is 18.9 Å².